The quantitative estimate of drug-likeness (QED) is 0.830. The van der Waals surface area contributed by atoms with Crippen molar-refractivity contribution in [2.75, 3.05) is 13.1 Å². The van der Waals surface area contributed by atoms with Crippen LogP contribution >= 0.6 is 15.9 Å². The van der Waals surface area contributed by atoms with Gasteiger partial charge < -0.3 is 15.1 Å². The summed E-state index contributed by atoms with van der Waals surface area (Å²) >= 11 is 3.26. The number of phenolic OH excluding ortho intramolecular Hbond substituents is 1. The molecule has 3 rings (SSSR count). The number of benzene rings is 1. The van der Waals surface area contributed by atoms with Crippen LogP contribution in [0.2, 0.25) is 0 Å². The van der Waals surface area contributed by atoms with Crippen LogP contribution in [0.4, 0.5) is 0 Å². The van der Waals surface area contributed by atoms with Crippen LogP contribution in [-0.4, -0.2) is 40.2 Å². The topological polar surface area (TPSA) is 60.8 Å². The van der Waals surface area contributed by atoms with Crippen LogP contribution in [0.1, 0.15) is 23.2 Å². The van der Waals surface area contributed by atoms with Crippen molar-refractivity contribution in [3.63, 3.8) is 0 Å². The molecule has 0 bridgehead atoms. The molecule has 102 valence electrons. The summed E-state index contributed by atoms with van der Waals surface area (Å²) in [6.07, 6.45) is 1.56. The Kier molecular flexibility index (Phi) is 3.27. The zero-order valence-electron chi connectivity index (χ0n) is 10.4. The molecular weight excluding hydrogens is 310 g/mol. The third-order valence-electron chi connectivity index (χ3n) is 4.30. The smallest absolute Gasteiger partial charge is 0.257 e. The van der Waals surface area contributed by atoms with E-state index in [1.165, 1.54) is 6.07 Å². The van der Waals surface area contributed by atoms with E-state index in [-0.39, 0.29) is 23.7 Å². The van der Waals surface area contributed by atoms with E-state index in [1.807, 2.05) is 0 Å². The van der Waals surface area contributed by atoms with E-state index in [9.17, 15) is 15.0 Å². The van der Waals surface area contributed by atoms with Crippen LogP contribution < -0.4 is 0 Å². The number of amides is 1. The van der Waals surface area contributed by atoms with E-state index in [1.54, 1.807) is 17.0 Å². The first-order valence-electron chi connectivity index (χ1n) is 6.52. The molecule has 1 aliphatic heterocycles. The molecule has 2 aliphatic rings. The van der Waals surface area contributed by atoms with Gasteiger partial charge in [-0.25, -0.2) is 0 Å². The Hall–Kier alpha value is -1.07. The van der Waals surface area contributed by atoms with Gasteiger partial charge in [-0.1, -0.05) is 15.9 Å². The van der Waals surface area contributed by atoms with Gasteiger partial charge in [0.15, 0.2) is 0 Å². The second-order valence-corrected chi connectivity index (χ2v) is 6.36. The van der Waals surface area contributed by atoms with Crippen LogP contribution in [0.15, 0.2) is 22.7 Å². The Morgan fingerprint density at radius 2 is 2.11 bits per heavy atom. The number of carbonyl (C=O) groups is 1. The fourth-order valence-electron chi connectivity index (χ4n) is 3.26. The molecule has 2 N–H and O–H groups in total. The molecule has 1 saturated carbocycles. The van der Waals surface area contributed by atoms with E-state index in [2.05, 4.69) is 15.9 Å². The lowest BCUT2D eigenvalue weighted by Crippen LogP contribution is -2.31. The van der Waals surface area contributed by atoms with Gasteiger partial charge in [0.2, 0.25) is 0 Å². The molecule has 1 saturated heterocycles. The number of halogens is 1. The fourth-order valence-corrected chi connectivity index (χ4v) is 3.61. The minimum atomic E-state index is -0.277. The number of hydrogen-bond acceptors (Lipinski definition) is 3. The average molecular weight is 326 g/mol. The predicted molar refractivity (Wildman–Crippen MR) is 73.9 cm³/mol. The Morgan fingerprint density at radius 1 is 1.32 bits per heavy atom. The number of nitrogens with zero attached hydrogens (tertiary/aromatic N) is 1. The maximum atomic E-state index is 12.4. The van der Waals surface area contributed by atoms with Crippen LogP contribution in [-0.2, 0) is 0 Å². The predicted octanol–water partition coefficient (Wildman–Crippen LogP) is 2.00. The summed E-state index contributed by atoms with van der Waals surface area (Å²) in [4.78, 5) is 14.1. The van der Waals surface area contributed by atoms with Gasteiger partial charge in [0, 0.05) is 23.5 Å². The molecule has 1 amide bonds. The van der Waals surface area contributed by atoms with Crippen LogP contribution in [0.3, 0.4) is 0 Å². The molecule has 0 radical (unpaired) electrons. The highest BCUT2D eigenvalue weighted by Gasteiger charge is 2.43. The van der Waals surface area contributed by atoms with E-state index < -0.39 is 0 Å². The molecule has 0 spiro atoms. The first kappa shape index (κ1) is 12.9. The SMILES string of the molecule is O=C(c1ccc(Br)cc1O)N1CC2CCC(O)C2C1. The molecule has 19 heavy (non-hydrogen) atoms. The number of aliphatic hydroxyl groups is 1. The Balaban J connectivity index is 1.78. The monoisotopic (exact) mass is 325 g/mol. The zero-order valence-corrected chi connectivity index (χ0v) is 12.0. The molecular formula is C14H16BrNO3. The summed E-state index contributed by atoms with van der Waals surface area (Å²) in [6, 6.07) is 4.91. The van der Waals surface area contributed by atoms with Crippen molar-refractivity contribution in [2.24, 2.45) is 11.8 Å². The molecule has 1 aromatic carbocycles. The lowest BCUT2D eigenvalue weighted by Gasteiger charge is -2.19. The highest BCUT2D eigenvalue weighted by molar-refractivity contribution is 9.10. The Labute approximate surface area is 120 Å². The summed E-state index contributed by atoms with van der Waals surface area (Å²) in [6.45, 7) is 1.29. The maximum Gasteiger partial charge on any atom is 0.257 e. The number of aromatic hydroxyl groups is 1. The molecule has 4 nitrogen and oxygen atoms in total. The van der Waals surface area contributed by atoms with Gasteiger partial charge in [0.05, 0.1) is 11.7 Å². The van der Waals surface area contributed by atoms with Gasteiger partial charge in [0.25, 0.3) is 5.91 Å². The highest BCUT2D eigenvalue weighted by atomic mass is 79.9. The molecule has 3 unspecified atom stereocenters. The van der Waals surface area contributed by atoms with Gasteiger partial charge >= 0.3 is 0 Å². The average Bonchev–Trinajstić information content (AvgIpc) is 2.91. The van der Waals surface area contributed by atoms with Crippen LogP contribution in [0, 0.1) is 11.8 Å². The molecule has 1 aromatic rings. The standard InChI is InChI=1S/C14H16BrNO3/c15-9-2-3-10(13(18)5-9)14(19)16-6-8-1-4-12(17)11(8)7-16/h2-3,5,8,11-12,17-18H,1,4,6-7H2. The van der Waals surface area contributed by atoms with E-state index in [0.29, 0.717) is 24.6 Å². The summed E-state index contributed by atoms with van der Waals surface area (Å²) < 4.78 is 0.746. The van der Waals surface area contributed by atoms with Gasteiger partial charge in [-0.3, -0.25) is 4.79 Å². The van der Waals surface area contributed by atoms with Crippen LogP contribution in [0.25, 0.3) is 0 Å². The van der Waals surface area contributed by atoms with Crippen molar-refractivity contribution >= 4 is 21.8 Å². The zero-order chi connectivity index (χ0) is 13.6. The number of likely N-dealkylation sites (tertiary alicyclic amines) is 1. The third kappa shape index (κ3) is 2.25. The molecule has 0 aromatic heterocycles. The summed E-state index contributed by atoms with van der Waals surface area (Å²) in [5, 5.41) is 19.7. The lowest BCUT2D eigenvalue weighted by molar-refractivity contribution is 0.0749. The first-order chi connectivity index (χ1) is 9.06. The molecule has 3 atom stereocenters. The van der Waals surface area contributed by atoms with Crippen molar-refractivity contribution in [3.8, 4) is 5.75 Å². The Morgan fingerprint density at radius 3 is 2.79 bits per heavy atom. The number of aliphatic hydroxyl groups excluding tert-OH is 1. The summed E-state index contributed by atoms with van der Waals surface area (Å²) in [7, 11) is 0. The molecule has 5 heteroatoms. The van der Waals surface area contributed by atoms with Crippen molar-refractivity contribution in [3.05, 3.63) is 28.2 Å². The molecule has 2 fully saturated rings. The number of rotatable bonds is 1. The minimum absolute atomic E-state index is 0.00279. The normalized spacial score (nSPS) is 29.6. The van der Waals surface area contributed by atoms with E-state index in [0.717, 1.165) is 17.3 Å². The maximum absolute atomic E-state index is 12.4. The number of phenols is 1. The Bertz CT molecular complexity index is 519. The highest BCUT2D eigenvalue weighted by Crippen LogP contribution is 2.39. The second kappa shape index (κ2) is 4.80. The summed E-state index contributed by atoms with van der Waals surface area (Å²) in [5.74, 6) is 0.474. The van der Waals surface area contributed by atoms with Crippen molar-refractivity contribution in [1.82, 2.24) is 4.90 Å². The van der Waals surface area contributed by atoms with Crippen molar-refractivity contribution in [1.29, 1.82) is 0 Å². The summed E-state index contributed by atoms with van der Waals surface area (Å²) in [5.41, 5.74) is 0.331. The van der Waals surface area contributed by atoms with Gasteiger partial charge in [-0.2, -0.15) is 0 Å². The van der Waals surface area contributed by atoms with Gasteiger partial charge in [-0.05, 0) is 37.0 Å². The van der Waals surface area contributed by atoms with Crippen molar-refractivity contribution < 1.29 is 15.0 Å². The lowest BCUT2D eigenvalue weighted by atomic mass is 10.00. The number of carbonyl (C=O) groups excluding carboxylic acids is 1. The third-order valence-corrected chi connectivity index (χ3v) is 4.79. The molecule has 1 aliphatic carbocycles. The first-order valence-corrected chi connectivity index (χ1v) is 7.31. The van der Waals surface area contributed by atoms with E-state index >= 15 is 0 Å². The molecule has 1 heterocycles. The fraction of sp³-hybridized carbons (Fsp3) is 0.500. The van der Waals surface area contributed by atoms with Crippen molar-refractivity contribution in [2.45, 2.75) is 18.9 Å². The van der Waals surface area contributed by atoms with Crippen LogP contribution in [0.5, 0.6) is 5.75 Å². The minimum Gasteiger partial charge on any atom is -0.507 e. The number of hydrogen-bond donors (Lipinski definition) is 2. The largest absolute Gasteiger partial charge is 0.507 e. The van der Waals surface area contributed by atoms with Gasteiger partial charge in [-0.15, -0.1) is 0 Å². The second-order valence-electron chi connectivity index (χ2n) is 5.44. The number of fused-ring (bicyclic) bond motifs is 1. The van der Waals surface area contributed by atoms with E-state index in [4.69, 9.17) is 0 Å². The van der Waals surface area contributed by atoms with Gasteiger partial charge in [0.1, 0.15) is 5.75 Å².